The van der Waals surface area contributed by atoms with Crippen molar-refractivity contribution in [2.75, 3.05) is 6.54 Å². The van der Waals surface area contributed by atoms with Crippen molar-refractivity contribution in [2.45, 2.75) is 19.9 Å². The van der Waals surface area contributed by atoms with E-state index in [1.165, 1.54) is 18.2 Å². The van der Waals surface area contributed by atoms with E-state index in [-0.39, 0.29) is 23.5 Å². The molecule has 1 aromatic carbocycles. The highest BCUT2D eigenvalue weighted by atomic mass is 35.5. The molecule has 0 aliphatic rings. The molecule has 2 N–H and O–H groups in total. The minimum Gasteiger partial charge on any atom is -0.464 e. The normalized spacial score (nSPS) is 11.8. The third-order valence-corrected chi connectivity index (χ3v) is 3.90. The van der Waals surface area contributed by atoms with Crippen LogP contribution in [0.25, 0.3) is 0 Å². The number of rotatable bonds is 5. The van der Waals surface area contributed by atoms with Gasteiger partial charge in [-0.25, -0.2) is 0 Å². The molecule has 0 aliphatic carbocycles. The largest absolute Gasteiger partial charge is 0.464 e. The Morgan fingerprint density at radius 1 is 1.17 bits per heavy atom. The maximum absolute atomic E-state index is 12.0. The highest BCUT2D eigenvalue weighted by Gasteiger charge is 2.14. The highest BCUT2D eigenvalue weighted by molar-refractivity contribution is 6.42. The molecule has 0 saturated heterocycles. The van der Waals surface area contributed by atoms with Crippen molar-refractivity contribution >= 4 is 35.0 Å². The minimum absolute atomic E-state index is 0.150. The topological polar surface area (TPSA) is 71.3 Å². The Bertz CT molecular complexity index is 728. The minimum atomic E-state index is -0.403. The summed E-state index contributed by atoms with van der Waals surface area (Å²) in [5, 5.41) is 5.91. The average molecular weight is 355 g/mol. The van der Waals surface area contributed by atoms with Gasteiger partial charge in [0.1, 0.15) is 11.5 Å². The van der Waals surface area contributed by atoms with Crippen LogP contribution in [0.2, 0.25) is 10.0 Å². The summed E-state index contributed by atoms with van der Waals surface area (Å²) < 4.78 is 5.44. The van der Waals surface area contributed by atoms with Crippen molar-refractivity contribution in [1.82, 2.24) is 10.6 Å². The summed E-state index contributed by atoms with van der Waals surface area (Å²) in [6.45, 7) is 3.48. The molecule has 0 fully saturated rings. The lowest BCUT2D eigenvalue weighted by Crippen LogP contribution is -2.37. The summed E-state index contributed by atoms with van der Waals surface area (Å²) in [6.07, 6.45) is 0. The number of amides is 2. The molecule has 1 unspecified atom stereocenters. The SMILES string of the molecule is Cc1ccc(C(C)NC(=O)CNC(=O)c2ccc(Cl)c(Cl)c2)o1. The van der Waals surface area contributed by atoms with Crippen LogP contribution in [-0.2, 0) is 4.79 Å². The molecule has 0 spiro atoms. The first-order valence-electron chi connectivity index (χ1n) is 6.95. The third kappa shape index (κ3) is 4.74. The molecular weight excluding hydrogens is 339 g/mol. The second kappa shape index (κ2) is 7.53. The number of carbonyl (C=O) groups is 2. The number of nitrogens with one attached hydrogen (secondary N) is 2. The Labute approximate surface area is 144 Å². The predicted octanol–water partition coefficient (Wildman–Crippen LogP) is 3.50. The van der Waals surface area contributed by atoms with Gasteiger partial charge in [-0.1, -0.05) is 23.2 Å². The molecular formula is C16H16Cl2N2O3. The summed E-state index contributed by atoms with van der Waals surface area (Å²) in [7, 11) is 0. The number of benzene rings is 1. The van der Waals surface area contributed by atoms with Gasteiger partial charge in [-0.05, 0) is 44.2 Å². The molecule has 0 aliphatic heterocycles. The second-order valence-electron chi connectivity index (χ2n) is 5.05. The van der Waals surface area contributed by atoms with E-state index in [4.69, 9.17) is 27.6 Å². The zero-order valence-corrected chi connectivity index (χ0v) is 14.2. The van der Waals surface area contributed by atoms with Gasteiger partial charge in [0.15, 0.2) is 0 Å². The van der Waals surface area contributed by atoms with Gasteiger partial charge < -0.3 is 15.1 Å². The fourth-order valence-electron chi connectivity index (χ4n) is 1.95. The fourth-order valence-corrected chi connectivity index (χ4v) is 2.25. The first-order valence-corrected chi connectivity index (χ1v) is 7.71. The number of carbonyl (C=O) groups excluding carboxylic acids is 2. The molecule has 1 atom stereocenters. The van der Waals surface area contributed by atoms with E-state index in [0.29, 0.717) is 16.3 Å². The zero-order chi connectivity index (χ0) is 17.0. The quantitative estimate of drug-likeness (QED) is 0.862. The number of halogens is 2. The molecule has 0 radical (unpaired) electrons. The summed E-state index contributed by atoms with van der Waals surface area (Å²) in [5.41, 5.74) is 0.335. The molecule has 0 saturated carbocycles. The Morgan fingerprint density at radius 3 is 2.52 bits per heavy atom. The highest BCUT2D eigenvalue weighted by Crippen LogP contribution is 2.22. The summed E-state index contributed by atoms with van der Waals surface area (Å²) in [4.78, 5) is 23.8. The summed E-state index contributed by atoms with van der Waals surface area (Å²) in [5.74, 6) is 0.709. The molecule has 23 heavy (non-hydrogen) atoms. The fraction of sp³-hybridized carbons (Fsp3) is 0.250. The van der Waals surface area contributed by atoms with Crippen LogP contribution in [0.1, 0.15) is 34.8 Å². The van der Waals surface area contributed by atoms with Gasteiger partial charge in [-0.3, -0.25) is 9.59 Å². The first kappa shape index (κ1) is 17.4. The third-order valence-electron chi connectivity index (χ3n) is 3.16. The van der Waals surface area contributed by atoms with E-state index in [2.05, 4.69) is 10.6 Å². The maximum Gasteiger partial charge on any atom is 0.251 e. The van der Waals surface area contributed by atoms with E-state index >= 15 is 0 Å². The molecule has 2 amide bonds. The van der Waals surface area contributed by atoms with Crippen LogP contribution in [0.4, 0.5) is 0 Å². The molecule has 5 nitrogen and oxygen atoms in total. The van der Waals surface area contributed by atoms with Gasteiger partial charge in [0.2, 0.25) is 5.91 Å². The standard InChI is InChI=1S/C16H16Cl2N2O3/c1-9-3-6-14(23-9)10(2)20-15(21)8-19-16(22)11-4-5-12(17)13(18)7-11/h3-7,10H,8H2,1-2H3,(H,19,22)(H,20,21). The molecule has 2 rings (SSSR count). The van der Waals surface area contributed by atoms with Crippen LogP contribution in [0.3, 0.4) is 0 Å². The van der Waals surface area contributed by atoms with Gasteiger partial charge in [0.25, 0.3) is 5.91 Å². The van der Waals surface area contributed by atoms with Crippen LogP contribution in [-0.4, -0.2) is 18.4 Å². The van der Waals surface area contributed by atoms with Crippen LogP contribution in [0.15, 0.2) is 34.7 Å². The second-order valence-corrected chi connectivity index (χ2v) is 5.86. The lowest BCUT2D eigenvalue weighted by atomic mass is 10.2. The van der Waals surface area contributed by atoms with E-state index in [1.54, 1.807) is 13.0 Å². The van der Waals surface area contributed by atoms with Crippen LogP contribution in [0.5, 0.6) is 0 Å². The van der Waals surface area contributed by atoms with Crippen molar-refractivity contribution in [3.8, 4) is 0 Å². The Hall–Kier alpha value is -1.98. The van der Waals surface area contributed by atoms with Crippen molar-refractivity contribution in [3.05, 3.63) is 57.5 Å². The van der Waals surface area contributed by atoms with Crippen molar-refractivity contribution in [1.29, 1.82) is 0 Å². The van der Waals surface area contributed by atoms with Gasteiger partial charge in [-0.2, -0.15) is 0 Å². The summed E-state index contributed by atoms with van der Waals surface area (Å²) in [6, 6.07) is 7.86. The van der Waals surface area contributed by atoms with Gasteiger partial charge >= 0.3 is 0 Å². The molecule has 0 bridgehead atoms. The molecule has 1 heterocycles. The number of hydrogen-bond acceptors (Lipinski definition) is 3. The predicted molar refractivity (Wildman–Crippen MR) is 88.8 cm³/mol. The molecule has 122 valence electrons. The van der Waals surface area contributed by atoms with Crippen molar-refractivity contribution < 1.29 is 14.0 Å². The Balaban J connectivity index is 1.86. The van der Waals surface area contributed by atoms with E-state index < -0.39 is 5.91 Å². The first-order chi connectivity index (χ1) is 10.9. The number of aryl methyl sites for hydroxylation is 1. The Kier molecular flexibility index (Phi) is 5.69. The van der Waals surface area contributed by atoms with Crippen molar-refractivity contribution in [3.63, 3.8) is 0 Å². The van der Waals surface area contributed by atoms with E-state index in [9.17, 15) is 9.59 Å². The van der Waals surface area contributed by atoms with Crippen LogP contribution in [0, 0.1) is 6.92 Å². The van der Waals surface area contributed by atoms with Gasteiger partial charge in [-0.15, -0.1) is 0 Å². The van der Waals surface area contributed by atoms with Gasteiger partial charge in [0, 0.05) is 5.56 Å². The number of hydrogen-bond donors (Lipinski definition) is 2. The van der Waals surface area contributed by atoms with Crippen LogP contribution < -0.4 is 10.6 Å². The van der Waals surface area contributed by atoms with E-state index in [1.807, 2.05) is 13.0 Å². The van der Waals surface area contributed by atoms with Crippen LogP contribution >= 0.6 is 23.2 Å². The monoisotopic (exact) mass is 354 g/mol. The number of furan rings is 1. The van der Waals surface area contributed by atoms with E-state index in [0.717, 1.165) is 5.76 Å². The lowest BCUT2D eigenvalue weighted by molar-refractivity contribution is -0.120. The summed E-state index contributed by atoms with van der Waals surface area (Å²) >= 11 is 11.7. The lowest BCUT2D eigenvalue weighted by Gasteiger charge is -2.12. The zero-order valence-electron chi connectivity index (χ0n) is 12.7. The molecule has 7 heteroatoms. The maximum atomic E-state index is 12.0. The van der Waals surface area contributed by atoms with Gasteiger partial charge in [0.05, 0.1) is 22.6 Å². The molecule has 1 aromatic heterocycles. The Morgan fingerprint density at radius 2 is 1.91 bits per heavy atom. The smallest absolute Gasteiger partial charge is 0.251 e. The van der Waals surface area contributed by atoms with Crippen molar-refractivity contribution in [2.24, 2.45) is 0 Å². The molecule has 2 aromatic rings. The average Bonchev–Trinajstić information content (AvgIpc) is 2.94.